The van der Waals surface area contributed by atoms with Gasteiger partial charge in [0.15, 0.2) is 5.16 Å². The standard InChI is InChI=1S/C12H16N4S/c1-9(2)8-16-11(4-5-15-16)10-6-13-12(17-3)14-7-10/h4-7,9H,8H2,1-3H3. The lowest BCUT2D eigenvalue weighted by Gasteiger charge is -2.09. The van der Waals surface area contributed by atoms with E-state index < -0.39 is 0 Å². The Morgan fingerprint density at radius 2 is 2.00 bits per heavy atom. The summed E-state index contributed by atoms with van der Waals surface area (Å²) in [4.78, 5) is 8.57. The predicted octanol–water partition coefficient (Wildman–Crippen LogP) is 2.72. The third-order valence-electron chi connectivity index (χ3n) is 2.36. The summed E-state index contributed by atoms with van der Waals surface area (Å²) in [5.74, 6) is 0.569. The third kappa shape index (κ3) is 2.85. The van der Waals surface area contributed by atoms with E-state index in [2.05, 4.69) is 28.9 Å². The summed E-state index contributed by atoms with van der Waals surface area (Å²) in [6.07, 6.45) is 7.50. The largest absolute Gasteiger partial charge is 0.265 e. The molecule has 0 N–H and O–H groups in total. The minimum atomic E-state index is 0.569. The fourth-order valence-corrected chi connectivity index (χ4v) is 1.94. The van der Waals surface area contributed by atoms with Crippen molar-refractivity contribution in [2.75, 3.05) is 6.26 Å². The molecule has 2 rings (SSSR count). The second kappa shape index (κ2) is 5.31. The van der Waals surface area contributed by atoms with E-state index in [1.165, 1.54) is 0 Å². The van der Waals surface area contributed by atoms with Gasteiger partial charge in [-0.3, -0.25) is 4.68 Å². The highest BCUT2D eigenvalue weighted by Crippen LogP contribution is 2.19. The normalized spacial score (nSPS) is 11.1. The van der Waals surface area contributed by atoms with Gasteiger partial charge in [0.25, 0.3) is 0 Å². The lowest BCUT2D eigenvalue weighted by molar-refractivity contribution is 0.487. The average Bonchev–Trinajstić information content (AvgIpc) is 2.76. The maximum atomic E-state index is 4.33. The fourth-order valence-electron chi connectivity index (χ4n) is 1.62. The molecular weight excluding hydrogens is 232 g/mol. The fraction of sp³-hybridized carbons (Fsp3) is 0.417. The smallest absolute Gasteiger partial charge is 0.187 e. The van der Waals surface area contributed by atoms with E-state index in [0.29, 0.717) is 5.92 Å². The van der Waals surface area contributed by atoms with Crippen LogP contribution in [0, 0.1) is 5.92 Å². The SMILES string of the molecule is CSc1ncc(-c2ccnn2CC(C)C)cn1. The average molecular weight is 248 g/mol. The molecule has 17 heavy (non-hydrogen) atoms. The Bertz CT molecular complexity index is 476. The number of hydrogen-bond donors (Lipinski definition) is 0. The van der Waals surface area contributed by atoms with Gasteiger partial charge in [-0.2, -0.15) is 5.10 Å². The van der Waals surface area contributed by atoms with E-state index in [1.807, 2.05) is 35.6 Å². The summed E-state index contributed by atoms with van der Waals surface area (Å²) >= 11 is 1.54. The van der Waals surface area contributed by atoms with Crippen LogP contribution in [-0.2, 0) is 6.54 Å². The van der Waals surface area contributed by atoms with Crippen molar-refractivity contribution in [3.05, 3.63) is 24.7 Å². The Labute approximate surface area is 105 Å². The predicted molar refractivity (Wildman–Crippen MR) is 69.9 cm³/mol. The molecule has 0 radical (unpaired) electrons. The van der Waals surface area contributed by atoms with Crippen molar-refractivity contribution in [2.24, 2.45) is 5.92 Å². The Hall–Kier alpha value is -1.36. The zero-order chi connectivity index (χ0) is 12.3. The number of nitrogens with zero attached hydrogens (tertiary/aromatic N) is 4. The molecule has 0 aromatic carbocycles. The monoisotopic (exact) mass is 248 g/mol. The first kappa shape index (κ1) is 12.1. The van der Waals surface area contributed by atoms with Crippen LogP contribution >= 0.6 is 11.8 Å². The topological polar surface area (TPSA) is 43.6 Å². The Kier molecular flexibility index (Phi) is 3.78. The minimum Gasteiger partial charge on any atom is -0.265 e. The molecule has 2 aromatic heterocycles. The quantitative estimate of drug-likeness (QED) is 0.616. The van der Waals surface area contributed by atoms with Gasteiger partial charge in [-0.15, -0.1) is 0 Å². The van der Waals surface area contributed by atoms with E-state index in [0.717, 1.165) is 23.0 Å². The maximum Gasteiger partial charge on any atom is 0.187 e. The van der Waals surface area contributed by atoms with Gasteiger partial charge in [0, 0.05) is 30.7 Å². The molecule has 0 bridgehead atoms. The first-order valence-electron chi connectivity index (χ1n) is 5.59. The molecule has 0 fully saturated rings. The summed E-state index contributed by atoms with van der Waals surface area (Å²) in [7, 11) is 0. The molecule has 0 aliphatic heterocycles. The van der Waals surface area contributed by atoms with Gasteiger partial charge in [0.2, 0.25) is 0 Å². The summed E-state index contributed by atoms with van der Waals surface area (Å²) in [5.41, 5.74) is 2.09. The molecule has 0 unspecified atom stereocenters. The number of rotatable bonds is 4. The van der Waals surface area contributed by atoms with Crippen LogP contribution in [0.15, 0.2) is 29.8 Å². The van der Waals surface area contributed by atoms with Crippen molar-refractivity contribution < 1.29 is 0 Å². The Morgan fingerprint density at radius 3 is 2.59 bits per heavy atom. The van der Waals surface area contributed by atoms with Crippen molar-refractivity contribution in [1.29, 1.82) is 0 Å². The summed E-state index contributed by atoms with van der Waals surface area (Å²) in [5, 5.41) is 5.13. The van der Waals surface area contributed by atoms with Crippen molar-refractivity contribution in [2.45, 2.75) is 25.5 Å². The van der Waals surface area contributed by atoms with Crippen LogP contribution in [0.3, 0.4) is 0 Å². The zero-order valence-electron chi connectivity index (χ0n) is 10.3. The molecule has 0 aliphatic carbocycles. The summed E-state index contributed by atoms with van der Waals surface area (Å²) in [6, 6.07) is 2.00. The highest BCUT2D eigenvalue weighted by Gasteiger charge is 2.07. The van der Waals surface area contributed by atoms with Crippen LogP contribution in [0.5, 0.6) is 0 Å². The molecule has 0 saturated carbocycles. The lowest BCUT2D eigenvalue weighted by atomic mass is 10.2. The highest BCUT2D eigenvalue weighted by atomic mass is 32.2. The Balaban J connectivity index is 2.29. The molecule has 5 heteroatoms. The van der Waals surface area contributed by atoms with Crippen LogP contribution in [-0.4, -0.2) is 26.0 Å². The van der Waals surface area contributed by atoms with E-state index >= 15 is 0 Å². The first-order chi connectivity index (χ1) is 8.20. The van der Waals surface area contributed by atoms with Crippen molar-refractivity contribution in [3.63, 3.8) is 0 Å². The number of aromatic nitrogens is 4. The lowest BCUT2D eigenvalue weighted by Crippen LogP contribution is -2.07. The van der Waals surface area contributed by atoms with Gasteiger partial charge in [-0.05, 0) is 18.2 Å². The van der Waals surface area contributed by atoms with Gasteiger partial charge >= 0.3 is 0 Å². The van der Waals surface area contributed by atoms with Crippen LogP contribution in [0.1, 0.15) is 13.8 Å². The molecule has 90 valence electrons. The molecule has 2 aromatic rings. The molecule has 0 aliphatic rings. The number of hydrogen-bond acceptors (Lipinski definition) is 4. The van der Waals surface area contributed by atoms with E-state index in [9.17, 15) is 0 Å². The van der Waals surface area contributed by atoms with Gasteiger partial charge in [0.1, 0.15) is 0 Å². The van der Waals surface area contributed by atoms with Crippen LogP contribution in [0.2, 0.25) is 0 Å². The summed E-state index contributed by atoms with van der Waals surface area (Å²) in [6.45, 7) is 5.27. The molecular formula is C12H16N4S. The van der Waals surface area contributed by atoms with Gasteiger partial charge < -0.3 is 0 Å². The third-order valence-corrected chi connectivity index (χ3v) is 2.94. The highest BCUT2D eigenvalue weighted by molar-refractivity contribution is 7.98. The molecule has 0 spiro atoms. The molecule has 0 atom stereocenters. The number of thioether (sulfide) groups is 1. The van der Waals surface area contributed by atoms with Gasteiger partial charge in [-0.1, -0.05) is 25.6 Å². The second-order valence-electron chi connectivity index (χ2n) is 4.25. The zero-order valence-corrected chi connectivity index (χ0v) is 11.1. The molecule has 2 heterocycles. The van der Waals surface area contributed by atoms with E-state index in [1.54, 1.807) is 11.8 Å². The van der Waals surface area contributed by atoms with E-state index in [-0.39, 0.29) is 0 Å². The van der Waals surface area contributed by atoms with E-state index in [4.69, 9.17) is 0 Å². The van der Waals surface area contributed by atoms with Crippen LogP contribution < -0.4 is 0 Å². The molecule has 0 saturated heterocycles. The van der Waals surface area contributed by atoms with Crippen molar-refractivity contribution in [3.8, 4) is 11.3 Å². The van der Waals surface area contributed by atoms with Gasteiger partial charge in [0.05, 0.1) is 5.69 Å². The second-order valence-corrected chi connectivity index (χ2v) is 5.02. The van der Waals surface area contributed by atoms with Crippen molar-refractivity contribution >= 4 is 11.8 Å². The van der Waals surface area contributed by atoms with Crippen molar-refractivity contribution in [1.82, 2.24) is 19.7 Å². The first-order valence-corrected chi connectivity index (χ1v) is 6.81. The molecule has 4 nitrogen and oxygen atoms in total. The maximum absolute atomic E-state index is 4.33. The van der Waals surface area contributed by atoms with Crippen LogP contribution in [0.4, 0.5) is 0 Å². The van der Waals surface area contributed by atoms with Gasteiger partial charge in [-0.25, -0.2) is 9.97 Å². The van der Waals surface area contributed by atoms with Crippen LogP contribution in [0.25, 0.3) is 11.3 Å². The Morgan fingerprint density at radius 1 is 1.29 bits per heavy atom. The summed E-state index contributed by atoms with van der Waals surface area (Å²) < 4.78 is 2.00. The molecule has 0 amide bonds. The minimum absolute atomic E-state index is 0.569.